The molecule has 136 valence electrons. The molecule has 0 aliphatic carbocycles. The van der Waals surface area contributed by atoms with Crippen LogP contribution in [-0.2, 0) is 10.3 Å². The van der Waals surface area contributed by atoms with Gasteiger partial charge in [0.05, 0.1) is 11.0 Å². The number of carbonyl (C=O) groups is 1. The molecule has 0 bridgehead atoms. The summed E-state index contributed by atoms with van der Waals surface area (Å²) in [5, 5.41) is 6.18. The van der Waals surface area contributed by atoms with Crippen molar-refractivity contribution in [3.8, 4) is 0 Å². The fraction of sp³-hybridized carbons (Fsp3) is 0.0455. The summed E-state index contributed by atoms with van der Waals surface area (Å²) in [5.74, 6) is 0.609. The van der Waals surface area contributed by atoms with Crippen LogP contribution in [0.15, 0.2) is 89.9 Å². The molecule has 6 heteroatoms. The van der Waals surface area contributed by atoms with Crippen LogP contribution in [0.2, 0.25) is 0 Å². The van der Waals surface area contributed by atoms with Crippen LogP contribution in [0.1, 0.15) is 11.1 Å². The third kappa shape index (κ3) is 2.54. The summed E-state index contributed by atoms with van der Waals surface area (Å²) in [4.78, 5) is 25.3. The number of rotatable bonds is 3. The smallest absolute Gasteiger partial charge is 0.261 e. The molecular formula is C22H17N5O. The minimum absolute atomic E-state index is 0.181. The van der Waals surface area contributed by atoms with Gasteiger partial charge in [-0.25, -0.2) is 4.98 Å². The minimum atomic E-state index is -1.05. The van der Waals surface area contributed by atoms with Gasteiger partial charge in [0.15, 0.2) is 5.54 Å². The number of nitrogens with zero attached hydrogens (tertiary/aromatic N) is 2. The van der Waals surface area contributed by atoms with Crippen molar-refractivity contribution < 1.29 is 4.79 Å². The van der Waals surface area contributed by atoms with Gasteiger partial charge in [-0.2, -0.15) is 4.99 Å². The first kappa shape index (κ1) is 16.3. The molecule has 2 heterocycles. The molecule has 4 aromatic rings. The lowest BCUT2D eigenvalue weighted by Gasteiger charge is -2.27. The molecule has 6 nitrogen and oxygen atoms in total. The molecule has 0 atom stereocenters. The maximum Gasteiger partial charge on any atom is 0.261 e. The van der Waals surface area contributed by atoms with E-state index in [4.69, 9.17) is 0 Å². The molecule has 0 radical (unpaired) electrons. The van der Waals surface area contributed by atoms with Gasteiger partial charge in [0.25, 0.3) is 5.91 Å². The fourth-order valence-corrected chi connectivity index (χ4v) is 3.57. The van der Waals surface area contributed by atoms with E-state index in [0.29, 0.717) is 11.9 Å². The molecule has 1 saturated heterocycles. The third-order valence-electron chi connectivity index (χ3n) is 4.89. The molecule has 1 aromatic heterocycles. The van der Waals surface area contributed by atoms with Crippen molar-refractivity contribution in [2.75, 3.05) is 0 Å². The van der Waals surface area contributed by atoms with E-state index >= 15 is 0 Å². The van der Waals surface area contributed by atoms with Gasteiger partial charge < -0.3 is 10.3 Å². The Hall–Kier alpha value is -3.93. The number of amides is 1. The van der Waals surface area contributed by atoms with Crippen LogP contribution in [-0.4, -0.2) is 21.8 Å². The van der Waals surface area contributed by atoms with Crippen molar-refractivity contribution >= 4 is 28.8 Å². The van der Waals surface area contributed by atoms with Crippen LogP contribution in [0.25, 0.3) is 11.0 Å². The zero-order valence-corrected chi connectivity index (χ0v) is 14.9. The number of aliphatic imine (C=N–C) groups is 1. The molecule has 0 unspecified atom stereocenters. The standard InChI is InChI=1S/C22H17N5O/c28-19-22(15-9-3-1-4-10-15,16-11-5-2-6-12-16)27-21(25-19)26-20-23-17-13-7-8-14-18(17)24-20/h1-14H,(H3,23,24,25,26,27,28). The first-order valence-corrected chi connectivity index (χ1v) is 9.00. The van der Waals surface area contributed by atoms with Gasteiger partial charge in [-0.05, 0) is 23.3 Å². The van der Waals surface area contributed by atoms with Gasteiger partial charge in [-0.15, -0.1) is 0 Å². The van der Waals surface area contributed by atoms with E-state index in [2.05, 4.69) is 25.6 Å². The number of aromatic amines is 1. The Morgan fingerprint density at radius 2 is 1.39 bits per heavy atom. The van der Waals surface area contributed by atoms with Crippen LogP contribution >= 0.6 is 0 Å². The highest BCUT2D eigenvalue weighted by Crippen LogP contribution is 2.33. The van der Waals surface area contributed by atoms with Crippen molar-refractivity contribution in [1.29, 1.82) is 0 Å². The van der Waals surface area contributed by atoms with Crippen LogP contribution in [0.3, 0.4) is 0 Å². The minimum Gasteiger partial charge on any atom is -0.334 e. The van der Waals surface area contributed by atoms with Gasteiger partial charge in [0, 0.05) is 0 Å². The maximum absolute atomic E-state index is 13.2. The molecule has 1 aliphatic rings. The van der Waals surface area contributed by atoms with Crippen molar-refractivity contribution in [3.63, 3.8) is 0 Å². The number of benzene rings is 3. The van der Waals surface area contributed by atoms with Crippen molar-refractivity contribution in [2.45, 2.75) is 5.54 Å². The largest absolute Gasteiger partial charge is 0.334 e. The van der Waals surface area contributed by atoms with Crippen LogP contribution in [0.4, 0.5) is 5.95 Å². The lowest BCUT2D eigenvalue weighted by Crippen LogP contribution is -2.44. The Morgan fingerprint density at radius 3 is 2.04 bits per heavy atom. The quantitative estimate of drug-likeness (QED) is 0.520. The predicted molar refractivity (Wildman–Crippen MR) is 108 cm³/mol. The summed E-state index contributed by atoms with van der Waals surface area (Å²) in [6.07, 6.45) is 0. The molecule has 1 fully saturated rings. The summed E-state index contributed by atoms with van der Waals surface area (Å²) < 4.78 is 0. The molecule has 3 aromatic carbocycles. The van der Waals surface area contributed by atoms with Crippen LogP contribution < -0.4 is 10.6 Å². The number of hydrogen-bond acceptors (Lipinski definition) is 3. The average molecular weight is 367 g/mol. The number of hydrogen-bond donors (Lipinski definition) is 3. The molecule has 5 rings (SSSR count). The second-order valence-corrected chi connectivity index (χ2v) is 6.60. The zero-order valence-electron chi connectivity index (χ0n) is 14.9. The lowest BCUT2D eigenvalue weighted by molar-refractivity contribution is -0.122. The molecule has 1 aliphatic heterocycles. The van der Waals surface area contributed by atoms with Gasteiger partial charge in [-0.1, -0.05) is 72.8 Å². The van der Waals surface area contributed by atoms with Crippen molar-refractivity contribution in [3.05, 3.63) is 96.1 Å². The lowest BCUT2D eigenvalue weighted by atomic mass is 9.83. The van der Waals surface area contributed by atoms with Crippen molar-refractivity contribution in [1.82, 2.24) is 20.6 Å². The highest BCUT2D eigenvalue weighted by molar-refractivity contribution is 6.11. The van der Waals surface area contributed by atoms with E-state index in [1.54, 1.807) is 0 Å². The van der Waals surface area contributed by atoms with E-state index in [1.165, 1.54) is 0 Å². The number of guanidine groups is 1. The first-order chi connectivity index (χ1) is 13.8. The topological polar surface area (TPSA) is 82.2 Å². The number of nitrogens with one attached hydrogen (secondary N) is 3. The number of imidazole rings is 1. The Balaban J connectivity index is 1.60. The van der Waals surface area contributed by atoms with Crippen molar-refractivity contribution in [2.24, 2.45) is 4.99 Å². The number of fused-ring (bicyclic) bond motifs is 1. The van der Waals surface area contributed by atoms with Gasteiger partial charge in [0.2, 0.25) is 11.9 Å². The summed E-state index contributed by atoms with van der Waals surface area (Å²) in [6.45, 7) is 0. The number of H-pyrrole nitrogens is 1. The summed E-state index contributed by atoms with van der Waals surface area (Å²) >= 11 is 0. The first-order valence-electron chi connectivity index (χ1n) is 9.00. The SMILES string of the molecule is O=C1NC(=Nc2nc3ccccc3[nH]2)NC1(c1ccccc1)c1ccccc1. The molecule has 0 spiro atoms. The Labute approximate surface area is 161 Å². The Morgan fingerprint density at radius 1 is 0.786 bits per heavy atom. The third-order valence-corrected chi connectivity index (χ3v) is 4.89. The van der Waals surface area contributed by atoms with E-state index in [1.807, 2.05) is 84.9 Å². The summed E-state index contributed by atoms with van der Waals surface area (Å²) in [7, 11) is 0. The van der Waals surface area contributed by atoms with Gasteiger partial charge >= 0.3 is 0 Å². The Kier molecular flexibility index (Phi) is 3.69. The number of para-hydroxylation sites is 2. The van der Waals surface area contributed by atoms with E-state index in [9.17, 15) is 4.79 Å². The second-order valence-electron chi connectivity index (χ2n) is 6.60. The zero-order chi connectivity index (χ0) is 19.0. The van der Waals surface area contributed by atoms with E-state index in [0.717, 1.165) is 22.2 Å². The monoisotopic (exact) mass is 367 g/mol. The maximum atomic E-state index is 13.2. The fourth-order valence-electron chi connectivity index (χ4n) is 3.57. The van der Waals surface area contributed by atoms with Crippen LogP contribution in [0.5, 0.6) is 0 Å². The molecule has 3 N–H and O–H groups in total. The van der Waals surface area contributed by atoms with E-state index in [-0.39, 0.29) is 5.91 Å². The number of carbonyl (C=O) groups excluding carboxylic acids is 1. The normalized spacial score (nSPS) is 16.9. The molecule has 1 amide bonds. The highest BCUT2D eigenvalue weighted by Gasteiger charge is 2.48. The number of aromatic nitrogens is 2. The Bertz CT molecular complexity index is 1110. The molecule has 28 heavy (non-hydrogen) atoms. The second kappa shape index (κ2) is 6.35. The predicted octanol–water partition coefficient (Wildman–Crippen LogP) is 3.21. The average Bonchev–Trinajstić information content (AvgIpc) is 3.30. The van der Waals surface area contributed by atoms with Crippen LogP contribution in [0, 0.1) is 0 Å². The summed E-state index contributed by atoms with van der Waals surface area (Å²) in [5.41, 5.74) is 2.35. The van der Waals surface area contributed by atoms with E-state index < -0.39 is 5.54 Å². The molecule has 0 saturated carbocycles. The van der Waals surface area contributed by atoms with Gasteiger partial charge in [-0.3, -0.25) is 10.1 Å². The van der Waals surface area contributed by atoms with Gasteiger partial charge in [0.1, 0.15) is 0 Å². The highest BCUT2D eigenvalue weighted by atomic mass is 16.2. The molecular weight excluding hydrogens is 350 g/mol. The summed E-state index contributed by atoms with van der Waals surface area (Å²) in [6, 6.07) is 27.0.